The summed E-state index contributed by atoms with van der Waals surface area (Å²) in [5.74, 6) is 0.863. The number of aromatic nitrogens is 2. The predicted molar refractivity (Wildman–Crippen MR) is 75.9 cm³/mol. The third kappa shape index (κ3) is 3.21. The van der Waals surface area contributed by atoms with Gasteiger partial charge in [-0.3, -0.25) is 4.79 Å². The van der Waals surface area contributed by atoms with Gasteiger partial charge < -0.3 is 15.6 Å². The minimum atomic E-state index is -0.536. The molecule has 1 atom stereocenters. The van der Waals surface area contributed by atoms with Gasteiger partial charge in [0.15, 0.2) is 0 Å². The molecule has 0 bridgehead atoms. The van der Waals surface area contributed by atoms with Crippen LogP contribution in [0.25, 0.3) is 11.4 Å². The average molecular weight is 274 g/mol. The van der Waals surface area contributed by atoms with Crippen LogP contribution >= 0.6 is 0 Å². The highest BCUT2D eigenvalue weighted by Crippen LogP contribution is 2.20. The lowest BCUT2D eigenvalue weighted by Gasteiger charge is -2.15. The zero-order valence-corrected chi connectivity index (χ0v) is 11.8. The number of anilines is 1. The molecule has 0 spiro atoms. The molecule has 6 nitrogen and oxygen atoms in total. The molecule has 2 rings (SSSR count). The largest absolute Gasteiger partial charge is 0.339 e. The number of benzene rings is 1. The molecule has 0 unspecified atom stereocenters. The number of aryl methyl sites for hydroxylation is 1. The van der Waals surface area contributed by atoms with E-state index >= 15 is 0 Å². The number of nitrogens with two attached hydrogens (primary N) is 1. The molecule has 0 saturated carbocycles. The van der Waals surface area contributed by atoms with Gasteiger partial charge >= 0.3 is 0 Å². The Morgan fingerprint density at radius 2 is 2.15 bits per heavy atom. The first-order valence-electron chi connectivity index (χ1n) is 6.44. The minimum absolute atomic E-state index is 0.0815. The van der Waals surface area contributed by atoms with Crippen LogP contribution in [0.4, 0.5) is 5.69 Å². The lowest BCUT2D eigenvalue weighted by Crippen LogP contribution is -2.39. The molecule has 0 saturated heterocycles. The van der Waals surface area contributed by atoms with Crippen LogP contribution in [0.3, 0.4) is 0 Å². The van der Waals surface area contributed by atoms with E-state index in [-0.39, 0.29) is 11.8 Å². The van der Waals surface area contributed by atoms with E-state index in [1.165, 1.54) is 0 Å². The van der Waals surface area contributed by atoms with Crippen molar-refractivity contribution in [2.45, 2.75) is 26.8 Å². The fourth-order valence-corrected chi connectivity index (χ4v) is 1.68. The molecule has 0 aliphatic carbocycles. The predicted octanol–water partition coefficient (Wildman–Crippen LogP) is 1.97. The van der Waals surface area contributed by atoms with Crippen LogP contribution in [-0.2, 0) is 4.79 Å². The maximum atomic E-state index is 11.9. The monoisotopic (exact) mass is 274 g/mol. The molecule has 0 aliphatic heterocycles. The van der Waals surface area contributed by atoms with E-state index in [9.17, 15) is 4.79 Å². The summed E-state index contributed by atoms with van der Waals surface area (Å²) in [7, 11) is 0. The van der Waals surface area contributed by atoms with Gasteiger partial charge in [-0.1, -0.05) is 31.1 Å². The lowest BCUT2D eigenvalue weighted by atomic mass is 10.0. The second-order valence-corrected chi connectivity index (χ2v) is 4.98. The van der Waals surface area contributed by atoms with Crippen molar-refractivity contribution >= 4 is 11.6 Å². The van der Waals surface area contributed by atoms with E-state index in [0.29, 0.717) is 17.4 Å². The van der Waals surface area contributed by atoms with Crippen molar-refractivity contribution in [1.29, 1.82) is 0 Å². The van der Waals surface area contributed by atoms with E-state index in [2.05, 4.69) is 15.5 Å². The molecule has 1 aromatic heterocycles. The standard InChI is InChI=1S/C14H18N4O2/c1-8(2)12(15)14(19)17-11-6-4-5-10(7-11)13-16-9(3)20-18-13/h4-8,12H,15H2,1-3H3,(H,17,19)/t12-/m0/s1. The van der Waals surface area contributed by atoms with Crippen LogP contribution in [0.15, 0.2) is 28.8 Å². The van der Waals surface area contributed by atoms with E-state index in [0.717, 1.165) is 5.56 Å². The third-order valence-corrected chi connectivity index (χ3v) is 2.94. The fraction of sp³-hybridized carbons (Fsp3) is 0.357. The number of rotatable bonds is 4. The quantitative estimate of drug-likeness (QED) is 0.888. The highest BCUT2D eigenvalue weighted by atomic mass is 16.5. The summed E-state index contributed by atoms with van der Waals surface area (Å²) in [5.41, 5.74) is 7.24. The molecule has 6 heteroatoms. The normalized spacial score (nSPS) is 12.4. The van der Waals surface area contributed by atoms with Gasteiger partial charge in [-0.15, -0.1) is 0 Å². The van der Waals surface area contributed by atoms with Crippen LogP contribution in [0, 0.1) is 12.8 Å². The number of carbonyl (C=O) groups excluding carboxylic acids is 1. The molecular weight excluding hydrogens is 256 g/mol. The van der Waals surface area contributed by atoms with Gasteiger partial charge in [0.2, 0.25) is 17.6 Å². The first-order valence-corrected chi connectivity index (χ1v) is 6.44. The number of amides is 1. The Bertz CT molecular complexity index is 607. The van der Waals surface area contributed by atoms with Gasteiger partial charge in [0, 0.05) is 18.2 Å². The van der Waals surface area contributed by atoms with E-state index in [4.69, 9.17) is 10.3 Å². The molecule has 0 aliphatic rings. The Morgan fingerprint density at radius 3 is 2.75 bits per heavy atom. The van der Waals surface area contributed by atoms with Gasteiger partial charge in [0.25, 0.3) is 0 Å². The molecule has 1 heterocycles. The summed E-state index contributed by atoms with van der Waals surface area (Å²) in [6, 6.07) is 6.71. The molecule has 3 N–H and O–H groups in total. The van der Waals surface area contributed by atoms with Crippen LogP contribution in [0.5, 0.6) is 0 Å². The average Bonchev–Trinajstić information content (AvgIpc) is 2.84. The van der Waals surface area contributed by atoms with Gasteiger partial charge in [-0.05, 0) is 18.1 Å². The Hall–Kier alpha value is -2.21. The molecule has 0 radical (unpaired) electrons. The van der Waals surface area contributed by atoms with Crippen LogP contribution < -0.4 is 11.1 Å². The molecule has 0 fully saturated rings. The van der Waals surface area contributed by atoms with Crippen LogP contribution in [0.1, 0.15) is 19.7 Å². The smallest absolute Gasteiger partial charge is 0.241 e. The minimum Gasteiger partial charge on any atom is -0.339 e. The van der Waals surface area contributed by atoms with Crippen molar-refractivity contribution < 1.29 is 9.32 Å². The van der Waals surface area contributed by atoms with Crippen molar-refractivity contribution in [3.63, 3.8) is 0 Å². The van der Waals surface area contributed by atoms with Gasteiger partial charge in [0.05, 0.1) is 6.04 Å². The van der Waals surface area contributed by atoms with Gasteiger partial charge in [-0.2, -0.15) is 4.98 Å². The maximum Gasteiger partial charge on any atom is 0.241 e. The number of carbonyl (C=O) groups is 1. The van der Waals surface area contributed by atoms with Gasteiger partial charge in [0.1, 0.15) is 0 Å². The second-order valence-electron chi connectivity index (χ2n) is 4.98. The molecule has 20 heavy (non-hydrogen) atoms. The Balaban J connectivity index is 2.16. The third-order valence-electron chi connectivity index (χ3n) is 2.94. The van der Waals surface area contributed by atoms with Crippen molar-refractivity contribution in [2.75, 3.05) is 5.32 Å². The molecule has 106 valence electrons. The van der Waals surface area contributed by atoms with Crippen LogP contribution in [0.2, 0.25) is 0 Å². The SMILES string of the molecule is Cc1nc(-c2cccc(NC(=O)[C@@H](N)C(C)C)c2)no1. The number of nitrogens with zero attached hydrogens (tertiary/aromatic N) is 2. The molecule has 1 amide bonds. The molecule has 2 aromatic rings. The van der Waals surface area contributed by atoms with E-state index in [1.807, 2.05) is 26.0 Å². The van der Waals surface area contributed by atoms with Gasteiger partial charge in [-0.25, -0.2) is 0 Å². The van der Waals surface area contributed by atoms with Crippen molar-refractivity contribution in [2.24, 2.45) is 11.7 Å². The topological polar surface area (TPSA) is 94.0 Å². The zero-order valence-electron chi connectivity index (χ0n) is 11.8. The van der Waals surface area contributed by atoms with Crippen molar-refractivity contribution in [3.05, 3.63) is 30.2 Å². The highest BCUT2D eigenvalue weighted by molar-refractivity contribution is 5.95. The Labute approximate surface area is 117 Å². The first-order chi connectivity index (χ1) is 9.47. The van der Waals surface area contributed by atoms with E-state index < -0.39 is 6.04 Å². The fourth-order valence-electron chi connectivity index (χ4n) is 1.68. The highest BCUT2D eigenvalue weighted by Gasteiger charge is 2.17. The first kappa shape index (κ1) is 14.2. The summed E-state index contributed by atoms with van der Waals surface area (Å²) in [5, 5.41) is 6.64. The maximum absolute atomic E-state index is 11.9. The second kappa shape index (κ2) is 5.83. The van der Waals surface area contributed by atoms with Crippen molar-refractivity contribution in [3.8, 4) is 11.4 Å². The Morgan fingerprint density at radius 1 is 1.40 bits per heavy atom. The summed E-state index contributed by atoms with van der Waals surface area (Å²) in [6.45, 7) is 5.54. The van der Waals surface area contributed by atoms with E-state index in [1.54, 1.807) is 19.1 Å². The summed E-state index contributed by atoms with van der Waals surface area (Å²) in [4.78, 5) is 16.1. The summed E-state index contributed by atoms with van der Waals surface area (Å²) >= 11 is 0. The lowest BCUT2D eigenvalue weighted by molar-refractivity contribution is -0.118. The van der Waals surface area contributed by atoms with Crippen LogP contribution in [-0.4, -0.2) is 22.1 Å². The summed E-state index contributed by atoms with van der Waals surface area (Å²) < 4.78 is 4.94. The number of nitrogens with one attached hydrogen (secondary N) is 1. The number of hydrogen-bond donors (Lipinski definition) is 2. The van der Waals surface area contributed by atoms with Crippen molar-refractivity contribution in [1.82, 2.24) is 10.1 Å². The Kier molecular flexibility index (Phi) is 4.14. The number of hydrogen-bond acceptors (Lipinski definition) is 5. The molecular formula is C14H18N4O2. The zero-order chi connectivity index (χ0) is 14.7. The molecule has 1 aromatic carbocycles. The summed E-state index contributed by atoms with van der Waals surface area (Å²) in [6.07, 6.45) is 0.